The summed E-state index contributed by atoms with van der Waals surface area (Å²) in [5, 5.41) is 4.49. The van der Waals surface area contributed by atoms with Crippen molar-refractivity contribution in [3.63, 3.8) is 0 Å². The highest BCUT2D eigenvalue weighted by atomic mass is 16.1. The standard InChI is InChI=1S/C24H25N3O/c1-14(28)15-5-6-16-11-20-12-18(8-7-17(20)10-19(16)9-15)21-13-26-23(27-21)22(25)24(2,3)4/h5-13,22H,25H2,1-4H3,(H,26,27). The molecule has 0 aliphatic heterocycles. The molecular formula is C24H25N3O. The smallest absolute Gasteiger partial charge is 0.159 e. The lowest BCUT2D eigenvalue weighted by atomic mass is 9.87. The Kier molecular flexibility index (Phi) is 4.31. The topological polar surface area (TPSA) is 71.8 Å². The Balaban J connectivity index is 1.75. The fourth-order valence-electron chi connectivity index (χ4n) is 3.44. The molecule has 0 amide bonds. The molecule has 0 bridgehead atoms. The summed E-state index contributed by atoms with van der Waals surface area (Å²) < 4.78 is 0. The quantitative estimate of drug-likeness (QED) is 0.362. The van der Waals surface area contributed by atoms with Crippen molar-refractivity contribution in [3.05, 3.63) is 66.1 Å². The van der Waals surface area contributed by atoms with Gasteiger partial charge in [0.25, 0.3) is 0 Å². The number of aromatic amines is 1. The highest BCUT2D eigenvalue weighted by molar-refractivity contribution is 6.03. The van der Waals surface area contributed by atoms with Gasteiger partial charge in [-0.25, -0.2) is 4.98 Å². The summed E-state index contributed by atoms with van der Waals surface area (Å²) in [6, 6.07) is 16.3. The average molecular weight is 371 g/mol. The van der Waals surface area contributed by atoms with Gasteiger partial charge in [-0.3, -0.25) is 4.79 Å². The summed E-state index contributed by atoms with van der Waals surface area (Å²) in [4.78, 5) is 19.5. The van der Waals surface area contributed by atoms with Gasteiger partial charge in [0.15, 0.2) is 5.78 Å². The van der Waals surface area contributed by atoms with Crippen molar-refractivity contribution in [1.82, 2.24) is 9.97 Å². The first kappa shape index (κ1) is 18.4. The van der Waals surface area contributed by atoms with Gasteiger partial charge in [0.2, 0.25) is 0 Å². The van der Waals surface area contributed by atoms with Crippen LogP contribution in [0.25, 0.3) is 32.8 Å². The van der Waals surface area contributed by atoms with Crippen LogP contribution in [0.15, 0.2) is 54.7 Å². The molecule has 4 nitrogen and oxygen atoms in total. The first-order valence-electron chi connectivity index (χ1n) is 9.52. The first-order valence-corrected chi connectivity index (χ1v) is 9.52. The summed E-state index contributed by atoms with van der Waals surface area (Å²) in [6.07, 6.45) is 1.85. The van der Waals surface area contributed by atoms with Crippen LogP contribution in [0.3, 0.4) is 0 Å². The van der Waals surface area contributed by atoms with E-state index in [-0.39, 0.29) is 17.2 Å². The van der Waals surface area contributed by atoms with Crippen LogP contribution in [-0.4, -0.2) is 15.8 Å². The van der Waals surface area contributed by atoms with Crippen LogP contribution >= 0.6 is 0 Å². The molecule has 0 radical (unpaired) electrons. The Morgan fingerprint density at radius 1 is 0.964 bits per heavy atom. The number of carbonyl (C=O) groups excluding carboxylic acids is 1. The zero-order valence-electron chi connectivity index (χ0n) is 16.7. The number of imidazole rings is 1. The number of benzene rings is 3. The van der Waals surface area contributed by atoms with Crippen molar-refractivity contribution in [2.24, 2.45) is 11.1 Å². The zero-order chi connectivity index (χ0) is 20.1. The lowest BCUT2D eigenvalue weighted by Gasteiger charge is -2.25. The van der Waals surface area contributed by atoms with E-state index in [0.717, 1.165) is 44.2 Å². The number of aromatic nitrogens is 2. The number of rotatable bonds is 3. The Morgan fingerprint density at radius 2 is 1.61 bits per heavy atom. The van der Waals surface area contributed by atoms with Crippen molar-refractivity contribution < 1.29 is 4.79 Å². The Hall–Kier alpha value is -2.98. The zero-order valence-corrected chi connectivity index (χ0v) is 16.7. The highest BCUT2D eigenvalue weighted by Crippen LogP contribution is 2.31. The number of H-pyrrole nitrogens is 1. The largest absolute Gasteiger partial charge is 0.341 e. The third-order valence-electron chi connectivity index (χ3n) is 5.34. The maximum absolute atomic E-state index is 11.6. The molecule has 1 heterocycles. The van der Waals surface area contributed by atoms with Gasteiger partial charge in [-0.1, -0.05) is 45.0 Å². The molecule has 0 spiro atoms. The Morgan fingerprint density at radius 3 is 2.25 bits per heavy atom. The molecule has 0 aliphatic carbocycles. The molecular weight excluding hydrogens is 346 g/mol. The predicted molar refractivity (Wildman–Crippen MR) is 115 cm³/mol. The minimum absolute atomic E-state index is 0.0594. The minimum Gasteiger partial charge on any atom is -0.341 e. The van der Waals surface area contributed by atoms with Crippen LogP contribution in [0, 0.1) is 5.41 Å². The fraction of sp³-hybridized carbons (Fsp3) is 0.250. The predicted octanol–water partition coefficient (Wildman–Crippen LogP) is 5.63. The molecule has 0 saturated carbocycles. The van der Waals surface area contributed by atoms with Crippen LogP contribution in [0.1, 0.15) is 49.9 Å². The maximum atomic E-state index is 11.6. The SMILES string of the molecule is CC(=O)c1ccc2cc3cc(-c4cnc(C(N)C(C)(C)C)[nH]4)ccc3cc2c1. The van der Waals surface area contributed by atoms with E-state index in [1.807, 2.05) is 24.4 Å². The fourth-order valence-corrected chi connectivity index (χ4v) is 3.44. The number of Topliss-reactive ketones (excluding diaryl/α,β-unsaturated/α-hetero) is 1. The van der Waals surface area contributed by atoms with Gasteiger partial charge < -0.3 is 10.7 Å². The van der Waals surface area contributed by atoms with E-state index in [9.17, 15) is 4.79 Å². The van der Waals surface area contributed by atoms with Crippen molar-refractivity contribution in [2.75, 3.05) is 0 Å². The van der Waals surface area contributed by atoms with Gasteiger partial charge in [-0.05, 0) is 58.1 Å². The van der Waals surface area contributed by atoms with Crippen LogP contribution in [-0.2, 0) is 0 Å². The number of nitrogens with zero attached hydrogens (tertiary/aromatic N) is 1. The molecule has 28 heavy (non-hydrogen) atoms. The molecule has 4 heteroatoms. The molecule has 142 valence electrons. The van der Waals surface area contributed by atoms with Crippen molar-refractivity contribution in [1.29, 1.82) is 0 Å². The number of nitrogens with one attached hydrogen (secondary N) is 1. The molecule has 1 unspecified atom stereocenters. The molecule has 3 N–H and O–H groups in total. The second-order valence-electron chi connectivity index (χ2n) is 8.56. The Labute approximate surface area is 164 Å². The third-order valence-corrected chi connectivity index (χ3v) is 5.34. The van der Waals surface area contributed by atoms with E-state index in [2.05, 4.69) is 61.1 Å². The van der Waals surface area contributed by atoms with Gasteiger partial charge in [0.1, 0.15) is 5.82 Å². The van der Waals surface area contributed by atoms with E-state index in [1.165, 1.54) is 0 Å². The minimum atomic E-state index is -0.152. The average Bonchev–Trinajstić information content (AvgIpc) is 3.14. The summed E-state index contributed by atoms with van der Waals surface area (Å²) in [5.74, 6) is 0.888. The first-order chi connectivity index (χ1) is 13.2. The van der Waals surface area contributed by atoms with Gasteiger partial charge in [0, 0.05) is 11.1 Å². The molecule has 4 aromatic rings. The molecule has 1 aromatic heterocycles. The number of carbonyl (C=O) groups is 1. The van der Waals surface area contributed by atoms with Gasteiger partial charge >= 0.3 is 0 Å². The van der Waals surface area contributed by atoms with E-state index in [1.54, 1.807) is 6.92 Å². The lowest BCUT2D eigenvalue weighted by Crippen LogP contribution is -2.27. The van der Waals surface area contributed by atoms with Crippen molar-refractivity contribution in [2.45, 2.75) is 33.7 Å². The van der Waals surface area contributed by atoms with Crippen molar-refractivity contribution in [3.8, 4) is 11.3 Å². The van der Waals surface area contributed by atoms with E-state index < -0.39 is 0 Å². The van der Waals surface area contributed by atoms with Crippen LogP contribution in [0.2, 0.25) is 0 Å². The normalized spacial score (nSPS) is 13.2. The molecule has 1 atom stereocenters. The van der Waals surface area contributed by atoms with E-state index in [0.29, 0.717) is 0 Å². The summed E-state index contributed by atoms with van der Waals surface area (Å²) >= 11 is 0. The highest BCUT2D eigenvalue weighted by Gasteiger charge is 2.24. The molecule has 0 aliphatic rings. The number of hydrogen-bond acceptors (Lipinski definition) is 3. The molecule has 3 aromatic carbocycles. The van der Waals surface area contributed by atoms with Gasteiger partial charge in [-0.15, -0.1) is 0 Å². The number of hydrogen-bond donors (Lipinski definition) is 2. The van der Waals surface area contributed by atoms with Crippen LogP contribution < -0.4 is 5.73 Å². The maximum Gasteiger partial charge on any atom is 0.159 e. The number of nitrogens with two attached hydrogens (primary N) is 1. The molecule has 0 fully saturated rings. The molecule has 4 rings (SSSR count). The number of fused-ring (bicyclic) bond motifs is 2. The summed E-state index contributed by atoms with van der Waals surface area (Å²) in [7, 11) is 0. The van der Waals surface area contributed by atoms with Gasteiger partial charge in [-0.2, -0.15) is 0 Å². The van der Waals surface area contributed by atoms with E-state index in [4.69, 9.17) is 5.73 Å². The van der Waals surface area contributed by atoms with E-state index >= 15 is 0 Å². The molecule has 0 saturated heterocycles. The third kappa shape index (κ3) is 3.32. The van der Waals surface area contributed by atoms with Crippen molar-refractivity contribution >= 4 is 27.3 Å². The Bertz CT molecular complexity index is 1200. The second kappa shape index (κ2) is 6.57. The van der Waals surface area contributed by atoms with Gasteiger partial charge in [0.05, 0.1) is 17.9 Å². The monoisotopic (exact) mass is 371 g/mol. The van der Waals surface area contributed by atoms with Crippen LogP contribution in [0.5, 0.6) is 0 Å². The van der Waals surface area contributed by atoms with Crippen LogP contribution in [0.4, 0.5) is 0 Å². The summed E-state index contributed by atoms with van der Waals surface area (Å²) in [5.41, 5.74) is 9.05. The lowest BCUT2D eigenvalue weighted by molar-refractivity contribution is 0.101. The second-order valence-corrected chi connectivity index (χ2v) is 8.56. The number of ketones is 1. The summed E-state index contributed by atoms with van der Waals surface area (Å²) in [6.45, 7) is 7.92.